The molecule has 1 amide bonds. The largest absolute Gasteiger partial charge is 0.484 e. The lowest BCUT2D eigenvalue weighted by molar-refractivity contribution is -0.136. The van der Waals surface area contributed by atoms with Gasteiger partial charge in [-0.3, -0.25) is 14.9 Å². The molecule has 6 nitrogen and oxygen atoms in total. The van der Waals surface area contributed by atoms with Gasteiger partial charge in [-0.2, -0.15) is 0 Å². The van der Waals surface area contributed by atoms with Crippen LogP contribution in [0.2, 0.25) is 0 Å². The van der Waals surface area contributed by atoms with Crippen molar-refractivity contribution < 1.29 is 19.4 Å². The summed E-state index contributed by atoms with van der Waals surface area (Å²) >= 11 is 0. The number of likely N-dealkylation sites (tertiary alicyclic amines) is 1. The van der Waals surface area contributed by atoms with E-state index >= 15 is 0 Å². The summed E-state index contributed by atoms with van der Waals surface area (Å²) in [6.45, 7) is 4.91. The highest BCUT2D eigenvalue weighted by Crippen LogP contribution is 2.21. The zero-order valence-corrected chi connectivity index (χ0v) is 13.0. The Morgan fingerprint density at radius 1 is 1.45 bits per heavy atom. The molecule has 2 rings (SSSR count). The number of aryl methyl sites for hydroxylation is 1. The molecule has 0 aromatic heterocycles. The molecule has 1 aliphatic heterocycles. The molecule has 1 aromatic carbocycles. The van der Waals surface area contributed by atoms with Gasteiger partial charge in [0, 0.05) is 18.6 Å². The van der Waals surface area contributed by atoms with Crippen LogP contribution in [-0.2, 0) is 9.59 Å². The van der Waals surface area contributed by atoms with Gasteiger partial charge in [0.25, 0.3) is 5.91 Å². The van der Waals surface area contributed by atoms with Crippen LogP contribution < -0.4 is 10.1 Å². The van der Waals surface area contributed by atoms with Crippen LogP contribution >= 0.6 is 0 Å². The van der Waals surface area contributed by atoms with E-state index in [0.717, 1.165) is 12.0 Å². The standard InChI is InChI=1S/C16H22N2O4/c1-12-4-3-5-13(8-12)22-10-14(19)18-7-6-16(2,11-18)17-9-15(20)21/h3-5,8,17H,6-7,9-11H2,1-2H3,(H,20,21). The summed E-state index contributed by atoms with van der Waals surface area (Å²) < 4.78 is 5.52. The average molecular weight is 306 g/mol. The monoisotopic (exact) mass is 306 g/mol. The Hall–Kier alpha value is -2.08. The number of carbonyl (C=O) groups is 2. The highest BCUT2D eigenvalue weighted by atomic mass is 16.5. The molecule has 0 bridgehead atoms. The fourth-order valence-electron chi connectivity index (χ4n) is 2.55. The number of carboxylic acid groups (broad SMARTS) is 1. The van der Waals surface area contributed by atoms with Crippen LogP contribution in [0.3, 0.4) is 0 Å². The normalized spacial score (nSPS) is 20.9. The molecule has 1 aromatic rings. The molecular formula is C16H22N2O4. The third-order valence-corrected chi connectivity index (χ3v) is 3.84. The second kappa shape index (κ2) is 6.79. The number of rotatable bonds is 6. The fourth-order valence-corrected chi connectivity index (χ4v) is 2.55. The molecule has 1 fully saturated rings. The lowest BCUT2D eigenvalue weighted by Crippen LogP contribution is -2.48. The first-order chi connectivity index (χ1) is 10.4. The second-order valence-corrected chi connectivity index (χ2v) is 5.98. The molecule has 2 N–H and O–H groups in total. The van der Waals surface area contributed by atoms with Crippen molar-refractivity contribution in [2.75, 3.05) is 26.2 Å². The maximum absolute atomic E-state index is 12.2. The number of carbonyl (C=O) groups excluding carboxylic acids is 1. The summed E-state index contributed by atoms with van der Waals surface area (Å²) in [5, 5.41) is 11.7. The molecule has 0 saturated carbocycles. The van der Waals surface area contributed by atoms with Gasteiger partial charge in [0.15, 0.2) is 6.61 Å². The first kappa shape index (κ1) is 16.3. The van der Waals surface area contributed by atoms with E-state index in [-0.39, 0.29) is 24.6 Å². The highest BCUT2D eigenvalue weighted by Gasteiger charge is 2.36. The maximum atomic E-state index is 12.2. The van der Waals surface area contributed by atoms with E-state index in [1.54, 1.807) is 4.90 Å². The molecule has 0 radical (unpaired) electrons. The third-order valence-electron chi connectivity index (χ3n) is 3.84. The summed E-state index contributed by atoms with van der Waals surface area (Å²) in [6, 6.07) is 7.56. The van der Waals surface area contributed by atoms with Gasteiger partial charge in [-0.1, -0.05) is 12.1 Å². The molecule has 1 aliphatic rings. The van der Waals surface area contributed by atoms with Crippen LogP contribution in [0.4, 0.5) is 0 Å². The summed E-state index contributed by atoms with van der Waals surface area (Å²) in [5.74, 6) is -0.296. The molecule has 0 spiro atoms. The Morgan fingerprint density at radius 3 is 2.91 bits per heavy atom. The van der Waals surface area contributed by atoms with Crippen molar-refractivity contribution in [3.8, 4) is 5.75 Å². The molecule has 22 heavy (non-hydrogen) atoms. The predicted molar refractivity (Wildman–Crippen MR) is 81.9 cm³/mol. The Kier molecular flexibility index (Phi) is 5.03. The van der Waals surface area contributed by atoms with Crippen molar-refractivity contribution in [1.29, 1.82) is 0 Å². The van der Waals surface area contributed by atoms with E-state index in [9.17, 15) is 9.59 Å². The minimum atomic E-state index is -0.895. The van der Waals surface area contributed by atoms with Crippen LogP contribution in [0.25, 0.3) is 0 Å². The molecule has 1 saturated heterocycles. The zero-order chi connectivity index (χ0) is 16.2. The summed E-state index contributed by atoms with van der Waals surface area (Å²) in [6.07, 6.45) is 0.733. The van der Waals surface area contributed by atoms with E-state index in [1.807, 2.05) is 38.1 Å². The summed E-state index contributed by atoms with van der Waals surface area (Å²) in [4.78, 5) is 24.5. The number of benzene rings is 1. The van der Waals surface area contributed by atoms with Crippen LogP contribution in [0, 0.1) is 6.92 Å². The molecule has 6 heteroatoms. The molecule has 0 aliphatic carbocycles. The lowest BCUT2D eigenvalue weighted by atomic mass is 10.0. The van der Waals surface area contributed by atoms with Crippen molar-refractivity contribution >= 4 is 11.9 Å². The second-order valence-electron chi connectivity index (χ2n) is 5.98. The number of hydrogen-bond donors (Lipinski definition) is 2. The topological polar surface area (TPSA) is 78.9 Å². The van der Waals surface area contributed by atoms with Crippen molar-refractivity contribution in [1.82, 2.24) is 10.2 Å². The van der Waals surface area contributed by atoms with Crippen molar-refractivity contribution in [3.05, 3.63) is 29.8 Å². The first-order valence-corrected chi connectivity index (χ1v) is 7.32. The fraction of sp³-hybridized carbons (Fsp3) is 0.500. The quantitative estimate of drug-likeness (QED) is 0.821. The van der Waals surface area contributed by atoms with Gasteiger partial charge in [-0.25, -0.2) is 0 Å². The Balaban J connectivity index is 1.82. The van der Waals surface area contributed by atoms with Gasteiger partial charge in [-0.15, -0.1) is 0 Å². The minimum absolute atomic E-state index is 0.00152. The van der Waals surface area contributed by atoms with E-state index in [4.69, 9.17) is 9.84 Å². The smallest absolute Gasteiger partial charge is 0.317 e. The molecule has 1 atom stereocenters. The Labute approximate surface area is 130 Å². The van der Waals surface area contributed by atoms with Gasteiger partial charge in [-0.05, 0) is 38.0 Å². The van der Waals surface area contributed by atoms with E-state index in [2.05, 4.69) is 5.32 Å². The third kappa shape index (κ3) is 4.46. The molecule has 1 unspecified atom stereocenters. The number of hydrogen-bond acceptors (Lipinski definition) is 4. The van der Waals surface area contributed by atoms with Gasteiger partial charge in [0.1, 0.15) is 5.75 Å². The van der Waals surface area contributed by atoms with Crippen LogP contribution in [0.1, 0.15) is 18.9 Å². The van der Waals surface area contributed by atoms with Crippen LogP contribution in [0.5, 0.6) is 5.75 Å². The predicted octanol–water partition coefficient (Wildman–Crippen LogP) is 1.04. The number of nitrogens with one attached hydrogen (secondary N) is 1. The average Bonchev–Trinajstić information content (AvgIpc) is 2.86. The van der Waals surface area contributed by atoms with Crippen LogP contribution in [-0.4, -0.2) is 53.7 Å². The summed E-state index contributed by atoms with van der Waals surface area (Å²) in [7, 11) is 0. The first-order valence-electron chi connectivity index (χ1n) is 7.32. The number of aliphatic carboxylic acids is 1. The van der Waals surface area contributed by atoms with Crippen LogP contribution in [0.15, 0.2) is 24.3 Å². The maximum Gasteiger partial charge on any atom is 0.317 e. The number of carboxylic acids is 1. The number of amides is 1. The van der Waals surface area contributed by atoms with Crippen molar-refractivity contribution in [3.63, 3.8) is 0 Å². The van der Waals surface area contributed by atoms with Crippen molar-refractivity contribution in [2.24, 2.45) is 0 Å². The Morgan fingerprint density at radius 2 is 2.23 bits per heavy atom. The van der Waals surface area contributed by atoms with E-state index < -0.39 is 5.97 Å². The SMILES string of the molecule is Cc1cccc(OCC(=O)N2CCC(C)(NCC(=O)O)C2)c1. The van der Waals surface area contributed by atoms with Crippen molar-refractivity contribution in [2.45, 2.75) is 25.8 Å². The lowest BCUT2D eigenvalue weighted by Gasteiger charge is -2.25. The zero-order valence-electron chi connectivity index (χ0n) is 13.0. The summed E-state index contributed by atoms with van der Waals surface area (Å²) in [5.41, 5.74) is 0.730. The van der Waals surface area contributed by atoms with E-state index in [0.29, 0.717) is 18.8 Å². The number of ether oxygens (including phenoxy) is 1. The number of nitrogens with zero attached hydrogens (tertiary/aromatic N) is 1. The molecular weight excluding hydrogens is 284 g/mol. The van der Waals surface area contributed by atoms with Gasteiger partial charge < -0.3 is 14.7 Å². The van der Waals surface area contributed by atoms with Gasteiger partial charge >= 0.3 is 5.97 Å². The van der Waals surface area contributed by atoms with Gasteiger partial charge in [0.2, 0.25) is 0 Å². The Bertz CT molecular complexity index is 561. The molecule has 1 heterocycles. The van der Waals surface area contributed by atoms with E-state index in [1.165, 1.54) is 0 Å². The highest BCUT2D eigenvalue weighted by molar-refractivity contribution is 5.78. The van der Waals surface area contributed by atoms with Gasteiger partial charge in [0.05, 0.1) is 6.54 Å². The molecule has 120 valence electrons. The minimum Gasteiger partial charge on any atom is -0.484 e.